The number of benzene rings is 1. The smallest absolute Gasteiger partial charge is 0.261 e. The summed E-state index contributed by atoms with van der Waals surface area (Å²) in [7, 11) is 1.90. The minimum absolute atomic E-state index is 0.335. The molecule has 0 fully saturated rings. The van der Waals surface area contributed by atoms with E-state index in [1.54, 1.807) is 0 Å². The van der Waals surface area contributed by atoms with E-state index in [4.69, 9.17) is 4.74 Å². The average Bonchev–Trinajstić information content (AvgIpc) is 2.42. The van der Waals surface area contributed by atoms with E-state index < -0.39 is 13.0 Å². The van der Waals surface area contributed by atoms with Crippen molar-refractivity contribution in [3.8, 4) is 0 Å². The molecule has 108 valence electrons. The molecule has 1 aromatic carbocycles. The second kappa shape index (κ2) is 9.87. The van der Waals surface area contributed by atoms with E-state index in [2.05, 4.69) is 17.4 Å². The van der Waals surface area contributed by atoms with Crippen LogP contribution in [0.15, 0.2) is 30.3 Å². The molecule has 0 aliphatic rings. The van der Waals surface area contributed by atoms with E-state index in [1.807, 2.05) is 25.2 Å². The molecule has 1 unspecified atom stereocenters. The summed E-state index contributed by atoms with van der Waals surface area (Å²) in [6.07, 6.45) is 1.58. The quantitative estimate of drug-likeness (QED) is 0.659. The van der Waals surface area contributed by atoms with Crippen LogP contribution in [0.3, 0.4) is 0 Å². The summed E-state index contributed by atoms with van der Waals surface area (Å²) in [6.45, 7) is -0.0678. The van der Waals surface area contributed by atoms with Crippen molar-refractivity contribution in [3.05, 3.63) is 35.9 Å². The Morgan fingerprint density at radius 1 is 1.16 bits per heavy atom. The molecule has 2 nitrogen and oxygen atoms in total. The van der Waals surface area contributed by atoms with E-state index in [1.165, 1.54) is 5.56 Å². The van der Waals surface area contributed by atoms with Crippen molar-refractivity contribution >= 4 is 0 Å². The normalized spacial score (nSPS) is 12.8. The van der Waals surface area contributed by atoms with Crippen LogP contribution >= 0.6 is 0 Å². The fourth-order valence-corrected chi connectivity index (χ4v) is 2.03. The maximum absolute atomic E-state index is 11.9. The van der Waals surface area contributed by atoms with Gasteiger partial charge in [0, 0.05) is 12.6 Å². The zero-order valence-electron chi connectivity index (χ0n) is 11.4. The molecule has 19 heavy (non-hydrogen) atoms. The molecule has 0 bridgehead atoms. The van der Waals surface area contributed by atoms with Crippen molar-refractivity contribution < 1.29 is 13.5 Å². The molecular formula is C15H23F2NO. The van der Waals surface area contributed by atoms with Gasteiger partial charge >= 0.3 is 0 Å². The number of ether oxygens (including phenoxy) is 1. The molecule has 0 radical (unpaired) electrons. The zero-order valence-corrected chi connectivity index (χ0v) is 11.4. The van der Waals surface area contributed by atoms with Gasteiger partial charge in [-0.1, -0.05) is 30.3 Å². The van der Waals surface area contributed by atoms with Crippen LogP contribution in [0.2, 0.25) is 0 Å². The number of alkyl halides is 2. The summed E-state index contributed by atoms with van der Waals surface area (Å²) >= 11 is 0. The maximum Gasteiger partial charge on any atom is 0.261 e. The van der Waals surface area contributed by atoms with Crippen LogP contribution in [0.5, 0.6) is 0 Å². The van der Waals surface area contributed by atoms with Crippen molar-refractivity contribution in [1.82, 2.24) is 5.32 Å². The van der Waals surface area contributed by atoms with E-state index in [0.717, 1.165) is 25.7 Å². The van der Waals surface area contributed by atoms with Gasteiger partial charge in [-0.25, -0.2) is 8.78 Å². The fraction of sp³-hybridized carbons (Fsp3) is 0.600. The third-order valence-corrected chi connectivity index (χ3v) is 3.12. The molecule has 0 aliphatic heterocycles. The number of halogens is 2. The molecule has 4 heteroatoms. The van der Waals surface area contributed by atoms with Gasteiger partial charge in [-0.2, -0.15) is 0 Å². The molecule has 0 spiro atoms. The van der Waals surface area contributed by atoms with Gasteiger partial charge < -0.3 is 10.1 Å². The summed E-state index contributed by atoms with van der Waals surface area (Å²) in [4.78, 5) is 0. The molecule has 1 N–H and O–H groups in total. The zero-order chi connectivity index (χ0) is 13.9. The van der Waals surface area contributed by atoms with E-state index in [9.17, 15) is 8.78 Å². The predicted octanol–water partition coefficient (Wildman–Crippen LogP) is 3.27. The highest BCUT2D eigenvalue weighted by Gasteiger charge is 2.07. The van der Waals surface area contributed by atoms with Crippen molar-refractivity contribution in [2.75, 3.05) is 20.3 Å². The molecule has 0 aliphatic carbocycles. The minimum atomic E-state index is -2.37. The summed E-state index contributed by atoms with van der Waals surface area (Å²) in [6, 6.07) is 10.7. The largest absolute Gasteiger partial charge is 0.375 e. The number of aryl methyl sites for hydroxylation is 1. The molecular weight excluding hydrogens is 248 g/mol. The van der Waals surface area contributed by atoms with Crippen LogP contribution < -0.4 is 5.32 Å². The lowest BCUT2D eigenvalue weighted by molar-refractivity contribution is 0.0143. The van der Waals surface area contributed by atoms with E-state index in [-0.39, 0.29) is 0 Å². The van der Waals surface area contributed by atoms with Crippen molar-refractivity contribution in [3.63, 3.8) is 0 Å². The van der Waals surface area contributed by atoms with Crippen LogP contribution in [-0.4, -0.2) is 32.7 Å². The number of hydrogen-bond donors (Lipinski definition) is 1. The standard InChI is InChI=1S/C15H23F2NO/c1-18-14(10-11-19-12-15(16)17)9-5-8-13-6-3-2-4-7-13/h2-4,6-7,14-15,18H,5,8-12H2,1H3. The van der Waals surface area contributed by atoms with E-state index in [0.29, 0.717) is 12.6 Å². The van der Waals surface area contributed by atoms with E-state index >= 15 is 0 Å². The Morgan fingerprint density at radius 3 is 2.53 bits per heavy atom. The third kappa shape index (κ3) is 7.90. The lowest BCUT2D eigenvalue weighted by Crippen LogP contribution is -2.27. The summed E-state index contributed by atoms with van der Waals surface area (Å²) < 4.78 is 28.7. The SMILES string of the molecule is CNC(CCCc1ccccc1)CCOCC(F)F. The van der Waals surface area contributed by atoms with Gasteiger partial charge in [0.05, 0.1) is 0 Å². The first-order chi connectivity index (χ1) is 9.22. The maximum atomic E-state index is 11.9. The van der Waals surface area contributed by atoms with Crippen LogP contribution in [0.25, 0.3) is 0 Å². The molecule has 0 saturated heterocycles. The first-order valence-corrected chi connectivity index (χ1v) is 6.79. The monoisotopic (exact) mass is 271 g/mol. The Balaban J connectivity index is 2.11. The third-order valence-electron chi connectivity index (χ3n) is 3.12. The first kappa shape index (κ1) is 16.1. The number of rotatable bonds is 10. The summed E-state index contributed by atoms with van der Waals surface area (Å²) in [5.74, 6) is 0. The van der Waals surface area contributed by atoms with Crippen LogP contribution in [-0.2, 0) is 11.2 Å². The van der Waals surface area contributed by atoms with Crippen LogP contribution in [0, 0.1) is 0 Å². The number of hydrogen-bond acceptors (Lipinski definition) is 2. The highest BCUT2D eigenvalue weighted by Crippen LogP contribution is 2.08. The highest BCUT2D eigenvalue weighted by molar-refractivity contribution is 5.14. The van der Waals surface area contributed by atoms with Gasteiger partial charge in [0.15, 0.2) is 0 Å². The van der Waals surface area contributed by atoms with Gasteiger partial charge in [0.1, 0.15) is 6.61 Å². The Kier molecular flexibility index (Phi) is 8.34. The molecule has 0 heterocycles. The lowest BCUT2D eigenvalue weighted by Gasteiger charge is -2.16. The van der Waals surface area contributed by atoms with Gasteiger partial charge in [-0.05, 0) is 38.3 Å². The molecule has 0 aromatic heterocycles. The Labute approximate surface area is 114 Å². The second-order valence-corrected chi connectivity index (χ2v) is 4.62. The Morgan fingerprint density at radius 2 is 1.89 bits per heavy atom. The fourth-order valence-electron chi connectivity index (χ4n) is 2.03. The summed E-state index contributed by atoms with van der Waals surface area (Å²) in [5, 5.41) is 3.21. The van der Waals surface area contributed by atoms with Crippen LogP contribution in [0.1, 0.15) is 24.8 Å². The van der Waals surface area contributed by atoms with Crippen molar-refractivity contribution in [2.24, 2.45) is 0 Å². The molecule has 0 amide bonds. The Hall–Kier alpha value is -1.00. The van der Waals surface area contributed by atoms with Crippen LogP contribution in [0.4, 0.5) is 8.78 Å². The molecule has 0 saturated carbocycles. The molecule has 1 aromatic rings. The minimum Gasteiger partial charge on any atom is -0.375 e. The second-order valence-electron chi connectivity index (χ2n) is 4.62. The van der Waals surface area contributed by atoms with Gasteiger partial charge in [0.25, 0.3) is 6.43 Å². The lowest BCUT2D eigenvalue weighted by atomic mass is 10.0. The highest BCUT2D eigenvalue weighted by atomic mass is 19.3. The average molecular weight is 271 g/mol. The topological polar surface area (TPSA) is 21.3 Å². The van der Waals surface area contributed by atoms with Crippen molar-refractivity contribution in [2.45, 2.75) is 38.2 Å². The Bertz CT molecular complexity index is 319. The summed E-state index contributed by atoms with van der Waals surface area (Å²) in [5.41, 5.74) is 1.34. The van der Waals surface area contributed by atoms with Gasteiger partial charge in [0.2, 0.25) is 0 Å². The van der Waals surface area contributed by atoms with Gasteiger partial charge in [-0.3, -0.25) is 0 Å². The number of nitrogens with one attached hydrogen (secondary N) is 1. The predicted molar refractivity (Wildman–Crippen MR) is 73.7 cm³/mol. The van der Waals surface area contributed by atoms with Gasteiger partial charge in [-0.15, -0.1) is 0 Å². The molecule has 1 atom stereocenters. The van der Waals surface area contributed by atoms with Crippen molar-refractivity contribution in [1.29, 1.82) is 0 Å². The first-order valence-electron chi connectivity index (χ1n) is 6.79. The molecule has 1 rings (SSSR count).